The third-order valence-corrected chi connectivity index (χ3v) is 5.08. The Kier molecular flexibility index (Phi) is 6.16. The highest BCUT2D eigenvalue weighted by Crippen LogP contribution is 2.16. The summed E-state index contributed by atoms with van der Waals surface area (Å²) in [5.74, 6) is 0.160. The summed E-state index contributed by atoms with van der Waals surface area (Å²) in [5.41, 5.74) is 0. The molecule has 2 heterocycles. The van der Waals surface area contributed by atoms with Gasteiger partial charge in [-0.2, -0.15) is 4.31 Å². The number of hydrogen-bond acceptors (Lipinski definition) is 4. The van der Waals surface area contributed by atoms with Gasteiger partial charge >= 0.3 is 0 Å². The molecule has 1 N–H and O–H groups in total. The summed E-state index contributed by atoms with van der Waals surface area (Å²) in [6, 6.07) is 0. The van der Waals surface area contributed by atoms with Crippen molar-refractivity contribution in [3.8, 4) is 0 Å². The van der Waals surface area contributed by atoms with Gasteiger partial charge in [0.05, 0.1) is 11.9 Å². The summed E-state index contributed by atoms with van der Waals surface area (Å²) >= 11 is 0. The van der Waals surface area contributed by atoms with E-state index < -0.39 is 10.0 Å². The first-order valence-electron chi connectivity index (χ1n) is 5.99. The lowest BCUT2D eigenvalue weighted by Crippen LogP contribution is -2.48. The van der Waals surface area contributed by atoms with Crippen LogP contribution < -0.4 is 5.32 Å². The first-order valence-corrected chi connectivity index (χ1v) is 7.59. The molecule has 1 unspecified atom stereocenters. The number of sulfonamides is 1. The SMILES string of the molecule is Cl.O=S(=O)(CC1CCCCO1)N1CCNCC1. The minimum Gasteiger partial charge on any atom is -0.377 e. The Morgan fingerprint density at radius 1 is 1.24 bits per heavy atom. The zero-order valence-electron chi connectivity index (χ0n) is 9.93. The third-order valence-electron chi connectivity index (χ3n) is 3.14. The molecule has 0 bridgehead atoms. The molecular formula is C10H21ClN2O3S. The predicted molar refractivity (Wildman–Crippen MR) is 69.1 cm³/mol. The first-order chi connectivity index (χ1) is 7.68. The second kappa shape index (κ2) is 6.89. The Balaban J connectivity index is 0.00000144. The van der Waals surface area contributed by atoms with Gasteiger partial charge in [-0.3, -0.25) is 0 Å². The van der Waals surface area contributed by atoms with Gasteiger partial charge in [-0.05, 0) is 19.3 Å². The molecule has 0 aromatic carbocycles. The molecule has 0 spiro atoms. The van der Waals surface area contributed by atoms with E-state index in [2.05, 4.69) is 5.32 Å². The molecule has 0 radical (unpaired) electrons. The van der Waals surface area contributed by atoms with Crippen LogP contribution in [-0.2, 0) is 14.8 Å². The molecule has 0 aliphatic carbocycles. The standard InChI is InChI=1S/C10H20N2O3S.ClH/c13-16(14,12-6-4-11-5-7-12)9-10-3-1-2-8-15-10;/h10-11H,1-9H2;1H. The Morgan fingerprint density at radius 2 is 1.94 bits per heavy atom. The van der Waals surface area contributed by atoms with E-state index in [1.54, 1.807) is 4.31 Å². The molecule has 2 aliphatic rings. The number of piperazine rings is 1. The number of rotatable bonds is 3. The Bertz CT molecular complexity index is 312. The molecule has 1 atom stereocenters. The molecule has 0 aromatic heterocycles. The van der Waals surface area contributed by atoms with Crippen LogP contribution in [0.15, 0.2) is 0 Å². The highest BCUT2D eigenvalue weighted by atomic mass is 35.5. The average Bonchev–Trinajstić information content (AvgIpc) is 2.31. The maximum Gasteiger partial charge on any atom is 0.216 e. The zero-order valence-corrected chi connectivity index (χ0v) is 11.6. The lowest BCUT2D eigenvalue weighted by molar-refractivity contribution is 0.0298. The molecule has 0 aromatic rings. The van der Waals surface area contributed by atoms with Crippen LogP contribution in [0.1, 0.15) is 19.3 Å². The van der Waals surface area contributed by atoms with Crippen molar-refractivity contribution in [3.05, 3.63) is 0 Å². The highest BCUT2D eigenvalue weighted by Gasteiger charge is 2.28. The largest absolute Gasteiger partial charge is 0.377 e. The number of nitrogens with zero attached hydrogens (tertiary/aromatic N) is 1. The molecular weight excluding hydrogens is 264 g/mol. The second-order valence-electron chi connectivity index (χ2n) is 4.42. The van der Waals surface area contributed by atoms with Gasteiger partial charge in [-0.15, -0.1) is 12.4 Å². The van der Waals surface area contributed by atoms with Crippen LogP contribution in [0.4, 0.5) is 0 Å². The van der Waals surface area contributed by atoms with E-state index in [1.807, 2.05) is 0 Å². The van der Waals surface area contributed by atoms with Crippen LogP contribution in [0.25, 0.3) is 0 Å². The molecule has 7 heteroatoms. The smallest absolute Gasteiger partial charge is 0.216 e. The Labute approximate surface area is 109 Å². The summed E-state index contributed by atoms with van der Waals surface area (Å²) in [6.07, 6.45) is 2.94. The normalized spacial score (nSPS) is 27.4. The molecule has 17 heavy (non-hydrogen) atoms. The molecule has 0 amide bonds. The van der Waals surface area contributed by atoms with Crippen molar-refractivity contribution in [1.82, 2.24) is 9.62 Å². The summed E-state index contributed by atoms with van der Waals surface area (Å²) in [5, 5.41) is 3.15. The van der Waals surface area contributed by atoms with Gasteiger partial charge in [0.25, 0.3) is 0 Å². The average molecular weight is 285 g/mol. The molecule has 2 saturated heterocycles. The van der Waals surface area contributed by atoms with Crippen LogP contribution >= 0.6 is 12.4 Å². The summed E-state index contributed by atoms with van der Waals surface area (Å²) in [4.78, 5) is 0. The van der Waals surface area contributed by atoms with Crippen molar-refractivity contribution in [1.29, 1.82) is 0 Å². The lowest BCUT2D eigenvalue weighted by Gasteiger charge is -2.29. The number of hydrogen-bond donors (Lipinski definition) is 1. The number of halogens is 1. The van der Waals surface area contributed by atoms with E-state index in [9.17, 15) is 8.42 Å². The van der Waals surface area contributed by atoms with Crippen LogP contribution in [0, 0.1) is 0 Å². The highest BCUT2D eigenvalue weighted by molar-refractivity contribution is 7.89. The fraction of sp³-hybridized carbons (Fsp3) is 1.00. The molecule has 2 aliphatic heterocycles. The van der Waals surface area contributed by atoms with Crippen molar-refractivity contribution >= 4 is 22.4 Å². The van der Waals surface area contributed by atoms with Crippen LogP contribution in [0.3, 0.4) is 0 Å². The van der Waals surface area contributed by atoms with E-state index in [-0.39, 0.29) is 24.3 Å². The van der Waals surface area contributed by atoms with Gasteiger partial charge in [0.2, 0.25) is 10.0 Å². The second-order valence-corrected chi connectivity index (χ2v) is 6.43. The van der Waals surface area contributed by atoms with E-state index in [4.69, 9.17) is 4.74 Å². The minimum absolute atomic E-state index is 0. The van der Waals surface area contributed by atoms with E-state index >= 15 is 0 Å². The third kappa shape index (κ3) is 4.37. The van der Waals surface area contributed by atoms with Crippen molar-refractivity contribution in [2.45, 2.75) is 25.4 Å². The van der Waals surface area contributed by atoms with Crippen LogP contribution in [0.5, 0.6) is 0 Å². The van der Waals surface area contributed by atoms with Crippen molar-refractivity contribution in [2.24, 2.45) is 0 Å². The van der Waals surface area contributed by atoms with Gasteiger partial charge in [-0.1, -0.05) is 0 Å². The van der Waals surface area contributed by atoms with Crippen LogP contribution in [0.2, 0.25) is 0 Å². The molecule has 102 valence electrons. The number of ether oxygens (including phenoxy) is 1. The monoisotopic (exact) mass is 284 g/mol. The quantitative estimate of drug-likeness (QED) is 0.805. The van der Waals surface area contributed by atoms with Gasteiger partial charge < -0.3 is 10.1 Å². The first kappa shape index (κ1) is 15.2. The van der Waals surface area contributed by atoms with E-state index in [0.717, 1.165) is 32.4 Å². The maximum absolute atomic E-state index is 12.1. The topological polar surface area (TPSA) is 58.6 Å². The number of nitrogens with one attached hydrogen (secondary N) is 1. The van der Waals surface area contributed by atoms with Gasteiger partial charge in [0, 0.05) is 32.8 Å². The fourth-order valence-corrected chi connectivity index (χ4v) is 3.88. The van der Waals surface area contributed by atoms with Gasteiger partial charge in [0.1, 0.15) is 0 Å². The molecule has 2 rings (SSSR count). The van der Waals surface area contributed by atoms with E-state index in [0.29, 0.717) is 19.7 Å². The van der Waals surface area contributed by atoms with Gasteiger partial charge in [0.15, 0.2) is 0 Å². The molecule has 2 fully saturated rings. The molecule has 0 saturated carbocycles. The Morgan fingerprint density at radius 3 is 2.53 bits per heavy atom. The maximum atomic E-state index is 12.1. The molecule has 5 nitrogen and oxygen atoms in total. The summed E-state index contributed by atoms with van der Waals surface area (Å²) in [7, 11) is -3.11. The Hall–Kier alpha value is 0.120. The van der Waals surface area contributed by atoms with Crippen molar-refractivity contribution in [3.63, 3.8) is 0 Å². The predicted octanol–water partition coefficient (Wildman–Crippen LogP) is 0.212. The minimum atomic E-state index is -3.11. The van der Waals surface area contributed by atoms with E-state index in [1.165, 1.54) is 0 Å². The van der Waals surface area contributed by atoms with Gasteiger partial charge in [-0.25, -0.2) is 8.42 Å². The lowest BCUT2D eigenvalue weighted by atomic mass is 10.1. The van der Waals surface area contributed by atoms with Crippen molar-refractivity contribution in [2.75, 3.05) is 38.5 Å². The zero-order chi connectivity index (χ0) is 11.4. The summed E-state index contributed by atoms with van der Waals surface area (Å²) in [6.45, 7) is 3.40. The van der Waals surface area contributed by atoms with Crippen LogP contribution in [-0.4, -0.2) is 57.4 Å². The fourth-order valence-electron chi connectivity index (χ4n) is 2.20. The van der Waals surface area contributed by atoms with Crippen molar-refractivity contribution < 1.29 is 13.2 Å². The summed E-state index contributed by atoms with van der Waals surface area (Å²) < 4.78 is 31.2.